The Hall–Kier alpha value is -2.67. The van der Waals surface area contributed by atoms with Crippen molar-refractivity contribution in [2.45, 2.75) is 40.0 Å². The summed E-state index contributed by atoms with van der Waals surface area (Å²) in [4.78, 5) is 33.2. The van der Waals surface area contributed by atoms with Crippen LogP contribution >= 0.6 is 0 Å². The maximum absolute atomic E-state index is 12.1. The van der Waals surface area contributed by atoms with Crippen LogP contribution in [0.2, 0.25) is 0 Å². The maximum atomic E-state index is 12.1. The zero-order valence-electron chi connectivity index (χ0n) is 16.4. The molecule has 0 aliphatic carbocycles. The molecule has 1 heterocycles. The lowest BCUT2D eigenvalue weighted by Crippen LogP contribution is -2.35. The second-order valence-corrected chi connectivity index (χ2v) is 5.57. The zero-order chi connectivity index (χ0) is 20.7. The fourth-order valence-electron chi connectivity index (χ4n) is 2.15. The van der Waals surface area contributed by atoms with Crippen LogP contribution in [-0.4, -0.2) is 30.9 Å². The van der Waals surface area contributed by atoms with E-state index in [1.54, 1.807) is 12.1 Å². The molecule has 27 heavy (non-hydrogen) atoms. The van der Waals surface area contributed by atoms with Crippen LogP contribution in [0.25, 0.3) is 0 Å². The number of primary amides is 1. The van der Waals surface area contributed by atoms with Crippen LogP contribution < -0.4 is 16.2 Å². The van der Waals surface area contributed by atoms with Crippen LogP contribution in [0.4, 0.5) is 5.69 Å². The van der Waals surface area contributed by atoms with E-state index in [4.69, 9.17) is 4.74 Å². The van der Waals surface area contributed by atoms with Gasteiger partial charge in [0.2, 0.25) is 5.91 Å². The molecule has 1 aliphatic heterocycles. The van der Waals surface area contributed by atoms with Crippen molar-refractivity contribution >= 4 is 23.4 Å². The van der Waals surface area contributed by atoms with Crippen molar-refractivity contribution in [1.82, 2.24) is 5.43 Å². The average Bonchev–Trinajstić information content (AvgIpc) is 2.96. The van der Waals surface area contributed by atoms with E-state index in [1.165, 1.54) is 5.01 Å². The van der Waals surface area contributed by atoms with Crippen LogP contribution in [0.15, 0.2) is 43.0 Å². The SMILES string of the molecule is C=CC(N)=O.CCCCC1C(=O)NN(c2ccccc2)C1=O.CCOCC. The van der Waals surface area contributed by atoms with Gasteiger partial charge in [0.05, 0.1) is 5.69 Å². The molecule has 1 atom stereocenters. The molecule has 0 bridgehead atoms. The maximum Gasteiger partial charge on any atom is 0.258 e. The lowest BCUT2D eigenvalue weighted by Gasteiger charge is -2.14. The van der Waals surface area contributed by atoms with Crippen molar-refractivity contribution in [2.75, 3.05) is 18.2 Å². The molecule has 2 rings (SSSR count). The third-order valence-electron chi connectivity index (χ3n) is 3.53. The van der Waals surface area contributed by atoms with Crippen LogP contribution in [0, 0.1) is 5.92 Å². The van der Waals surface area contributed by atoms with Gasteiger partial charge in [-0.1, -0.05) is 44.5 Å². The van der Waals surface area contributed by atoms with Gasteiger partial charge >= 0.3 is 0 Å². The van der Waals surface area contributed by atoms with E-state index in [9.17, 15) is 14.4 Å². The number of nitrogens with zero attached hydrogens (tertiary/aromatic N) is 1. The van der Waals surface area contributed by atoms with E-state index >= 15 is 0 Å². The number of para-hydroxylation sites is 1. The van der Waals surface area contributed by atoms with Crippen molar-refractivity contribution in [3.8, 4) is 0 Å². The monoisotopic (exact) mass is 377 g/mol. The topological polar surface area (TPSA) is 102 Å². The third-order valence-corrected chi connectivity index (χ3v) is 3.53. The standard InChI is InChI=1S/C13H16N2O2.C4H10O.C3H5NO/c1-2-3-9-11-12(16)14-15(13(11)17)10-7-5-4-6-8-10;1-3-5-4-2;1-2-3(4)5/h4-8,11H,2-3,9H2,1H3,(H,14,16);3-4H2,1-2H3;2H,1H2,(H2,4,5). The van der Waals surface area contributed by atoms with Crippen LogP contribution in [0.1, 0.15) is 40.0 Å². The lowest BCUT2D eigenvalue weighted by molar-refractivity contribution is -0.127. The summed E-state index contributed by atoms with van der Waals surface area (Å²) in [5.74, 6) is -1.33. The molecule has 150 valence electrons. The smallest absolute Gasteiger partial charge is 0.258 e. The van der Waals surface area contributed by atoms with Crippen molar-refractivity contribution in [3.05, 3.63) is 43.0 Å². The summed E-state index contributed by atoms with van der Waals surface area (Å²) in [5, 5.41) is 1.35. The summed E-state index contributed by atoms with van der Waals surface area (Å²) in [6.07, 6.45) is 3.57. The Labute approximate surface area is 161 Å². The third kappa shape index (κ3) is 9.55. The highest BCUT2D eigenvalue weighted by Gasteiger charge is 2.39. The van der Waals surface area contributed by atoms with Gasteiger partial charge in [-0.25, -0.2) is 5.01 Å². The Morgan fingerprint density at radius 2 is 1.78 bits per heavy atom. The summed E-state index contributed by atoms with van der Waals surface area (Å²) in [6.45, 7) is 10.8. The van der Waals surface area contributed by atoms with E-state index in [0.29, 0.717) is 12.1 Å². The predicted molar refractivity (Wildman–Crippen MR) is 107 cm³/mol. The summed E-state index contributed by atoms with van der Waals surface area (Å²) >= 11 is 0. The number of unbranched alkanes of at least 4 members (excludes halogenated alkanes) is 1. The van der Waals surface area contributed by atoms with Gasteiger partial charge in [0.15, 0.2) is 0 Å². The van der Waals surface area contributed by atoms with Gasteiger partial charge in [0.25, 0.3) is 11.8 Å². The molecule has 0 aromatic heterocycles. The quantitative estimate of drug-likeness (QED) is 0.563. The number of ether oxygens (including phenoxy) is 1. The fourth-order valence-corrected chi connectivity index (χ4v) is 2.15. The number of carbonyl (C=O) groups excluding carboxylic acids is 3. The number of rotatable bonds is 7. The van der Waals surface area contributed by atoms with Crippen LogP contribution in [-0.2, 0) is 19.1 Å². The molecule has 0 saturated carbocycles. The molecule has 0 spiro atoms. The van der Waals surface area contributed by atoms with E-state index in [-0.39, 0.29) is 11.8 Å². The second kappa shape index (κ2) is 14.5. The van der Waals surface area contributed by atoms with Gasteiger partial charge in [-0.2, -0.15) is 0 Å². The summed E-state index contributed by atoms with van der Waals surface area (Å²) < 4.78 is 4.83. The molecule has 1 aliphatic rings. The first kappa shape index (κ1) is 24.3. The molecule has 7 nitrogen and oxygen atoms in total. The highest BCUT2D eigenvalue weighted by molar-refractivity contribution is 6.14. The molecule has 1 unspecified atom stereocenters. The van der Waals surface area contributed by atoms with Crippen molar-refractivity contribution < 1.29 is 19.1 Å². The van der Waals surface area contributed by atoms with Crippen LogP contribution in [0.5, 0.6) is 0 Å². The molecule has 7 heteroatoms. The van der Waals surface area contributed by atoms with Gasteiger partial charge in [0.1, 0.15) is 5.92 Å². The van der Waals surface area contributed by atoms with E-state index in [1.807, 2.05) is 39.0 Å². The van der Waals surface area contributed by atoms with Crippen LogP contribution in [0.3, 0.4) is 0 Å². The lowest BCUT2D eigenvalue weighted by atomic mass is 10.0. The Kier molecular flexibility index (Phi) is 13.1. The average molecular weight is 377 g/mol. The first-order valence-electron chi connectivity index (χ1n) is 9.11. The van der Waals surface area contributed by atoms with Gasteiger partial charge in [-0.15, -0.1) is 0 Å². The van der Waals surface area contributed by atoms with Crippen molar-refractivity contribution in [1.29, 1.82) is 0 Å². The number of anilines is 1. The first-order valence-corrected chi connectivity index (χ1v) is 9.11. The summed E-state index contributed by atoms with van der Waals surface area (Å²) in [5.41, 5.74) is 7.87. The zero-order valence-corrected chi connectivity index (χ0v) is 16.4. The molecular weight excluding hydrogens is 346 g/mol. The van der Waals surface area contributed by atoms with Crippen molar-refractivity contribution in [2.24, 2.45) is 11.7 Å². The summed E-state index contributed by atoms with van der Waals surface area (Å²) in [7, 11) is 0. The fraction of sp³-hybridized carbons (Fsp3) is 0.450. The normalized spacial score (nSPS) is 15.1. The van der Waals surface area contributed by atoms with Gasteiger partial charge in [-0.3, -0.25) is 19.8 Å². The van der Waals surface area contributed by atoms with Gasteiger partial charge in [-0.05, 0) is 38.5 Å². The predicted octanol–water partition coefficient (Wildman–Crippen LogP) is 2.57. The molecule has 1 aromatic rings. The number of nitrogens with two attached hydrogens (primary N) is 1. The highest BCUT2D eigenvalue weighted by atomic mass is 16.5. The minimum Gasteiger partial charge on any atom is -0.382 e. The number of carbonyl (C=O) groups is 3. The Bertz CT molecular complexity index is 588. The molecule has 0 radical (unpaired) electrons. The minimum atomic E-state index is -0.518. The number of benzene rings is 1. The molecule has 1 aromatic carbocycles. The number of nitrogens with one attached hydrogen (secondary N) is 1. The Morgan fingerprint density at radius 1 is 1.22 bits per heavy atom. The number of amides is 3. The Balaban J connectivity index is 0.000000563. The van der Waals surface area contributed by atoms with E-state index in [2.05, 4.69) is 17.7 Å². The number of hydrogen-bond donors (Lipinski definition) is 2. The number of hydrogen-bond acceptors (Lipinski definition) is 4. The highest BCUT2D eigenvalue weighted by Crippen LogP contribution is 2.22. The molecule has 3 N–H and O–H groups in total. The molecule has 3 amide bonds. The first-order chi connectivity index (χ1) is 12.9. The summed E-state index contributed by atoms with van der Waals surface area (Å²) in [6, 6.07) is 9.17. The van der Waals surface area contributed by atoms with Gasteiger partial charge < -0.3 is 10.5 Å². The largest absolute Gasteiger partial charge is 0.382 e. The molecule has 1 fully saturated rings. The Morgan fingerprint density at radius 3 is 2.19 bits per heavy atom. The van der Waals surface area contributed by atoms with Crippen molar-refractivity contribution in [3.63, 3.8) is 0 Å². The van der Waals surface area contributed by atoms with Gasteiger partial charge in [0, 0.05) is 13.2 Å². The minimum absolute atomic E-state index is 0.144. The number of hydrazine groups is 1. The van der Waals surface area contributed by atoms with E-state index < -0.39 is 11.8 Å². The van der Waals surface area contributed by atoms with E-state index in [0.717, 1.165) is 32.1 Å². The molecule has 1 saturated heterocycles. The molecular formula is C20H31N3O4. The second-order valence-electron chi connectivity index (χ2n) is 5.57.